The zero-order chi connectivity index (χ0) is 37.3. The second kappa shape index (κ2) is 14.3. The van der Waals surface area contributed by atoms with Crippen LogP contribution in [-0.4, -0.2) is 15.0 Å². The van der Waals surface area contributed by atoms with E-state index in [0.29, 0.717) is 17.5 Å². The van der Waals surface area contributed by atoms with Gasteiger partial charge in [-0.25, -0.2) is 15.0 Å². The normalized spacial score (nSPS) is 11.2. The van der Waals surface area contributed by atoms with E-state index in [1.54, 1.807) is 0 Å². The molecule has 56 heavy (non-hydrogen) atoms. The minimum absolute atomic E-state index is 0.566. The maximum Gasteiger partial charge on any atom is 0.164 e. The quantitative estimate of drug-likeness (QED) is 0.157. The maximum absolute atomic E-state index is 6.65. The molecule has 0 fully saturated rings. The van der Waals surface area contributed by atoms with Gasteiger partial charge in [-0.15, -0.1) is 0 Å². The van der Waals surface area contributed by atoms with Gasteiger partial charge in [0.2, 0.25) is 0 Å². The van der Waals surface area contributed by atoms with Crippen molar-refractivity contribution in [3.63, 3.8) is 0 Å². The minimum Gasteiger partial charge on any atom is -0.456 e. The predicted molar refractivity (Wildman–Crippen MR) is 229 cm³/mol. The Morgan fingerprint density at radius 2 is 0.804 bits per heavy atom. The minimum atomic E-state index is 0.566. The van der Waals surface area contributed by atoms with Gasteiger partial charge in [0.15, 0.2) is 17.5 Å². The second-order valence-electron chi connectivity index (χ2n) is 13.7. The molecule has 0 radical (unpaired) electrons. The lowest BCUT2D eigenvalue weighted by molar-refractivity contribution is 0.669. The number of para-hydroxylation sites is 2. The molecule has 2 heterocycles. The van der Waals surface area contributed by atoms with E-state index >= 15 is 0 Å². The highest BCUT2D eigenvalue weighted by atomic mass is 16.3. The van der Waals surface area contributed by atoms with Gasteiger partial charge in [0, 0.05) is 44.9 Å². The Labute approximate surface area is 324 Å². The third-order valence-corrected chi connectivity index (χ3v) is 10.1. The van der Waals surface area contributed by atoms with Crippen molar-refractivity contribution in [1.29, 1.82) is 0 Å². The van der Waals surface area contributed by atoms with E-state index in [4.69, 9.17) is 19.4 Å². The van der Waals surface area contributed by atoms with E-state index in [1.807, 2.05) is 91.0 Å². The van der Waals surface area contributed by atoms with Gasteiger partial charge in [0.25, 0.3) is 0 Å². The van der Waals surface area contributed by atoms with E-state index in [-0.39, 0.29) is 0 Å². The fourth-order valence-corrected chi connectivity index (χ4v) is 7.41. The Bertz CT molecular complexity index is 2890. The molecular formula is C51H34N4O. The molecule has 5 nitrogen and oxygen atoms in total. The molecule has 0 aliphatic carbocycles. The van der Waals surface area contributed by atoms with Crippen LogP contribution in [0.25, 0.3) is 78.4 Å². The molecule has 0 bridgehead atoms. The number of rotatable bonds is 8. The van der Waals surface area contributed by atoms with Crippen molar-refractivity contribution in [1.82, 2.24) is 15.0 Å². The summed E-state index contributed by atoms with van der Waals surface area (Å²) in [6.07, 6.45) is 0. The van der Waals surface area contributed by atoms with Crippen LogP contribution in [0.1, 0.15) is 0 Å². The molecule has 0 N–H and O–H groups in total. The van der Waals surface area contributed by atoms with E-state index in [1.165, 1.54) is 11.1 Å². The first kappa shape index (κ1) is 33.0. The summed E-state index contributed by atoms with van der Waals surface area (Å²) in [7, 11) is 0. The van der Waals surface area contributed by atoms with Crippen molar-refractivity contribution in [2.45, 2.75) is 0 Å². The summed E-state index contributed by atoms with van der Waals surface area (Å²) in [5.41, 5.74) is 11.8. The topological polar surface area (TPSA) is 55.1 Å². The largest absolute Gasteiger partial charge is 0.456 e. The van der Waals surface area contributed by atoms with Crippen LogP contribution in [0, 0.1) is 0 Å². The molecule has 2 aromatic heterocycles. The second-order valence-corrected chi connectivity index (χ2v) is 13.7. The number of nitrogens with zero attached hydrogens (tertiary/aromatic N) is 4. The fraction of sp³-hybridized carbons (Fsp3) is 0. The van der Waals surface area contributed by atoms with Crippen LogP contribution in [0.4, 0.5) is 17.1 Å². The number of fused-ring (bicyclic) bond motifs is 3. The van der Waals surface area contributed by atoms with Crippen LogP contribution < -0.4 is 4.90 Å². The molecule has 0 unspecified atom stereocenters. The highest BCUT2D eigenvalue weighted by Gasteiger charge is 2.22. The summed E-state index contributed by atoms with van der Waals surface area (Å²) < 4.78 is 6.65. The third-order valence-electron chi connectivity index (χ3n) is 10.1. The number of aromatic nitrogens is 3. The van der Waals surface area contributed by atoms with Crippen molar-refractivity contribution < 1.29 is 4.42 Å². The number of benzene rings is 8. The maximum atomic E-state index is 6.65. The first-order valence-corrected chi connectivity index (χ1v) is 18.7. The van der Waals surface area contributed by atoms with Gasteiger partial charge in [-0.05, 0) is 58.7 Å². The van der Waals surface area contributed by atoms with Crippen molar-refractivity contribution in [3.8, 4) is 56.4 Å². The highest BCUT2D eigenvalue weighted by molar-refractivity contribution is 6.13. The van der Waals surface area contributed by atoms with Gasteiger partial charge >= 0.3 is 0 Å². The molecule has 0 saturated carbocycles. The number of hydrogen-bond acceptors (Lipinski definition) is 5. The smallest absolute Gasteiger partial charge is 0.164 e. The van der Waals surface area contributed by atoms with Gasteiger partial charge in [0.1, 0.15) is 11.2 Å². The van der Waals surface area contributed by atoms with Crippen LogP contribution in [0.2, 0.25) is 0 Å². The molecule has 264 valence electrons. The molecule has 5 heteroatoms. The van der Waals surface area contributed by atoms with Crippen LogP contribution >= 0.6 is 0 Å². The summed E-state index contributed by atoms with van der Waals surface area (Å²) in [5.74, 6) is 1.77. The van der Waals surface area contributed by atoms with E-state index in [0.717, 1.165) is 66.8 Å². The Morgan fingerprint density at radius 1 is 0.321 bits per heavy atom. The Balaban J connectivity index is 1.18. The molecule has 0 amide bonds. The van der Waals surface area contributed by atoms with Crippen molar-refractivity contribution >= 4 is 39.0 Å². The van der Waals surface area contributed by atoms with Gasteiger partial charge in [-0.2, -0.15) is 0 Å². The molecule has 10 rings (SSSR count). The van der Waals surface area contributed by atoms with E-state index in [2.05, 4.69) is 120 Å². The number of furan rings is 1. The number of anilines is 3. The fourth-order valence-electron chi connectivity index (χ4n) is 7.41. The average molecular weight is 719 g/mol. The monoisotopic (exact) mass is 718 g/mol. The van der Waals surface area contributed by atoms with Crippen LogP contribution in [0.15, 0.2) is 211 Å². The molecule has 0 atom stereocenters. The van der Waals surface area contributed by atoms with E-state index < -0.39 is 0 Å². The Morgan fingerprint density at radius 3 is 1.45 bits per heavy atom. The van der Waals surface area contributed by atoms with E-state index in [9.17, 15) is 0 Å². The zero-order valence-corrected chi connectivity index (χ0v) is 30.3. The van der Waals surface area contributed by atoms with Crippen LogP contribution in [-0.2, 0) is 0 Å². The molecule has 8 aromatic carbocycles. The Hall–Kier alpha value is -7.63. The SMILES string of the molecule is c1ccc(-c2ccc(-c3cccc(N(c4ccccc4)c4cc(-c5nc(-c6ccccc6)nc(-c6ccccc6)n5)c5c(c4)oc4ccccc45)c3)cc2)cc1. The molecule has 0 saturated heterocycles. The van der Waals surface area contributed by atoms with Gasteiger partial charge in [-0.3, -0.25) is 0 Å². The van der Waals surface area contributed by atoms with Crippen molar-refractivity contribution in [2.24, 2.45) is 0 Å². The molecule has 0 aliphatic rings. The lowest BCUT2D eigenvalue weighted by Gasteiger charge is -2.26. The van der Waals surface area contributed by atoms with Crippen LogP contribution in [0.3, 0.4) is 0 Å². The highest BCUT2D eigenvalue weighted by Crippen LogP contribution is 2.44. The Kier molecular flexibility index (Phi) is 8.43. The lowest BCUT2D eigenvalue weighted by Crippen LogP contribution is -2.10. The summed E-state index contributed by atoms with van der Waals surface area (Å²) in [6, 6.07) is 71.0. The summed E-state index contributed by atoms with van der Waals surface area (Å²) in [5, 5.41) is 1.95. The van der Waals surface area contributed by atoms with Gasteiger partial charge in [-0.1, -0.05) is 164 Å². The summed E-state index contributed by atoms with van der Waals surface area (Å²) >= 11 is 0. The van der Waals surface area contributed by atoms with Crippen molar-refractivity contribution in [2.75, 3.05) is 4.90 Å². The van der Waals surface area contributed by atoms with Gasteiger partial charge in [0.05, 0.1) is 5.69 Å². The predicted octanol–water partition coefficient (Wildman–Crippen LogP) is 13.6. The molecule has 10 aromatic rings. The molecule has 0 spiro atoms. The summed E-state index contributed by atoms with van der Waals surface area (Å²) in [4.78, 5) is 17.6. The molecule has 0 aliphatic heterocycles. The van der Waals surface area contributed by atoms with Crippen molar-refractivity contribution in [3.05, 3.63) is 206 Å². The first-order valence-electron chi connectivity index (χ1n) is 18.7. The lowest BCUT2D eigenvalue weighted by atomic mass is 9.99. The van der Waals surface area contributed by atoms with Crippen LogP contribution in [0.5, 0.6) is 0 Å². The molecular weight excluding hydrogens is 685 g/mol. The summed E-state index contributed by atoms with van der Waals surface area (Å²) in [6.45, 7) is 0. The first-order chi connectivity index (χ1) is 27.7. The standard InChI is InChI=1S/C51H34N4O/c1-5-16-35(17-6-1)36-28-30-37(31-29-36)40-22-15-25-42(32-40)55(41-23-11-4-12-24-41)43-33-45(48-44-26-13-14-27-46(44)56-47(48)34-43)51-53-49(38-18-7-2-8-19-38)52-50(54-51)39-20-9-3-10-21-39/h1-34H. The van der Waals surface area contributed by atoms with Gasteiger partial charge < -0.3 is 9.32 Å². The number of hydrogen-bond donors (Lipinski definition) is 0. The third kappa shape index (κ3) is 6.27. The average Bonchev–Trinajstić information content (AvgIpc) is 3.66. The zero-order valence-electron chi connectivity index (χ0n) is 30.3.